The summed E-state index contributed by atoms with van der Waals surface area (Å²) < 4.78 is 0. The minimum atomic E-state index is -0.478. The van der Waals surface area contributed by atoms with Gasteiger partial charge in [0.1, 0.15) is 0 Å². The number of nitro groups is 1. The van der Waals surface area contributed by atoms with Crippen LogP contribution in [0.2, 0.25) is 5.02 Å². The van der Waals surface area contributed by atoms with Crippen molar-refractivity contribution >= 4 is 28.8 Å². The predicted octanol–water partition coefficient (Wildman–Crippen LogP) is 3.71. The summed E-state index contributed by atoms with van der Waals surface area (Å²) in [6.07, 6.45) is 4.26. The van der Waals surface area contributed by atoms with Gasteiger partial charge in [0.15, 0.2) is 0 Å². The summed E-state index contributed by atoms with van der Waals surface area (Å²) in [5, 5.41) is 14.6. The van der Waals surface area contributed by atoms with Crippen molar-refractivity contribution in [2.24, 2.45) is 0 Å². The maximum absolute atomic E-state index is 11.2. The number of nitrogens with zero attached hydrogens (tertiary/aromatic N) is 2. The SMILES string of the molecule is Nc1ccc2c(c1)CCCC2Nc1ncc(Cl)cc1[N+](=O)[O-]. The lowest BCUT2D eigenvalue weighted by molar-refractivity contribution is -0.384. The third kappa shape index (κ3) is 2.82. The Labute approximate surface area is 132 Å². The summed E-state index contributed by atoms with van der Waals surface area (Å²) in [5.74, 6) is 0.240. The molecule has 2 aromatic rings. The first-order valence-electron chi connectivity index (χ1n) is 6.99. The Kier molecular flexibility index (Phi) is 3.85. The summed E-state index contributed by atoms with van der Waals surface area (Å²) in [6.45, 7) is 0. The minimum Gasteiger partial charge on any atom is -0.399 e. The molecule has 0 aliphatic heterocycles. The lowest BCUT2D eigenvalue weighted by Crippen LogP contribution is -2.18. The highest BCUT2D eigenvalue weighted by atomic mass is 35.5. The maximum atomic E-state index is 11.2. The number of aromatic nitrogens is 1. The smallest absolute Gasteiger partial charge is 0.312 e. The molecule has 3 rings (SSSR count). The van der Waals surface area contributed by atoms with Gasteiger partial charge in [-0.1, -0.05) is 17.7 Å². The third-order valence-corrected chi connectivity index (χ3v) is 4.03. The van der Waals surface area contributed by atoms with E-state index in [1.807, 2.05) is 18.2 Å². The number of pyridine rings is 1. The number of nitrogens with two attached hydrogens (primary N) is 1. The molecule has 1 aliphatic rings. The third-order valence-electron chi connectivity index (χ3n) is 3.82. The molecule has 0 spiro atoms. The molecule has 1 heterocycles. The van der Waals surface area contributed by atoms with Crippen molar-refractivity contribution in [3.8, 4) is 0 Å². The normalized spacial score (nSPS) is 16.9. The van der Waals surface area contributed by atoms with Crippen LogP contribution >= 0.6 is 11.6 Å². The van der Waals surface area contributed by atoms with Gasteiger partial charge < -0.3 is 11.1 Å². The van der Waals surface area contributed by atoms with E-state index in [0.717, 1.165) is 30.5 Å². The molecular weight excluding hydrogens is 304 g/mol. The van der Waals surface area contributed by atoms with Crippen LogP contribution in [0.15, 0.2) is 30.5 Å². The largest absolute Gasteiger partial charge is 0.399 e. The fourth-order valence-electron chi connectivity index (χ4n) is 2.83. The van der Waals surface area contributed by atoms with Gasteiger partial charge >= 0.3 is 5.69 Å². The van der Waals surface area contributed by atoms with Crippen molar-refractivity contribution in [1.29, 1.82) is 0 Å². The van der Waals surface area contributed by atoms with Crippen LogP contribution in [0.4, 0.5) is 17.2 Å². The molecule has 0 fully saturated rings. The van der Waals surface area contributed by atoms with Crippen molar-refractivity contribution in [2.45, 2.75) is 25.3 Å². The van der Waals surface area contributed by atoms with Crippen LogP contribution in [0.1, 0.15) is 30.0 Å². The highest BCUT2D eigenvalue weighted by Crippen LogP contribution is 2.35. The Morgan fingerprint density at radius 2 is 2.23 bits per heavy atom. The zero-order chi connectivity index (χ0) is 15.7. The molecule has 0 saturated heterocycles. The lowest BCUT2D eigenvalue weighted by atomic mass is 9.87. The van der Waals surface area contributed by atoms with Gasteiger partial charge in [-0.25, -0.2) is 4.98 Å². The zero-order valence-electron chi connectivity index (χ0n) is 11.8. The van der Waals surface area contributed by atoms with Gasteiger partial charge in [-0.05, 0) is 42.5 Å². The molecule has 0 amide bonds. The molecule has 1 aliphatic carbocycles. The van der Waals surface area contributed by atoms with Crippen molar-refractivity contribution in [1.82, 2.24) is 4.98 Å². The highest BCUT2D eigenvalue weighted by Gasteiger charge is 2.24. The van der Waals surface area contributed by atoms with E-state index in [9.17, 15) is 10.1 Å². The van der Waals surface area contributed by atoms with Gasteiger partial charge in [0.25, 0.3) is 0 Å². The predicted molar refractivity (Wildman–Crippen MR) is 86.1 cm³/mol. The number of aryl methyl sites for hydroxylation is 1. The maximum Gasteiger partial charge on any atom is 0.312 e. The van der Waals surface area contributed by atoms with Gasteiger partial charge in [-0.15, -0.1) is 0 Å². The first-order chi connectivity index (χ1) is 10.5. The molecule has 1 aromatic heterocycles. The van der Waals surface area contributed by atoms with E-state index in [1.54, 1.807) is 0 Å². The van der Waals surface area contributed by atoms with Crippen molar-refractivity contribution < 1.29 is 4.92 Å². The highest BCUT2D eigenvalue weighted by molar-refractivity contribution is 6.30. The Balaban J connectivity index is 1.94. The first kappa shape index (κ1) is 14.6. The van der Waals surface area contributed by atoms with Crippen LogP contribution in [0.25, 0.3) is 0 Å². The van der Waals surface area contributed by atoms with E-state index in [1.165, 1.54) is 17.8 Å². The number of benzene rings is 1. The second-order valence-electron chi connectivity index (χ2n) is 5.33. The number of halogens is 1. The first-order valence-corrected chi connectivity index (χ1v) is 7.37. The number of rotatable bonds is 3. The van der Waals surface area contributed by atoms with Crippen LogP contribution < -0.4 is 11.1 Å². The summed E-state index contributed by atoms with van der Waals surface area (Å²) >= 11 is 5.79. The molecular formula is C15H15ClN4O2. The van der Waals surface area contributed by atoms with E-state index in [2.05, 4.69) is 10.3 Å². The van der Waals surface area contributed by atoms with Gasteiger partial charge in [0.2, 0.25) is 5.82 Å². The molecule has 114 valence electrons. The van der Waals surface area contributed by atoms with E-state index in [4.69, 9.17) is 17.3 Å². The van der Waals surface area contributed by atoms with Crippen LogP contribution in [0.3, 0.4) is 0 Å². The van der Waals surface area contributed by atoms with Crippen LogP contribution in [0.5, 0.6) is 0 Å². The van der Waals surface area contributed by atoms with Gasteiger partial charge in [-0.2, -0.15) is 0 Å². The second kappa shape index (κ2) is 5.81. The molecule has 1 atom stereocenters. The average molecular weight is 319 g/mol. The fraction of sp³-hybridized carbons (Fsp3) is 0.267. The zero-order valence-corrected chi connectivity index (χ0v) is 12.5. The van der Waals surface area contributed by atoms with Crippen molar-refractivity contribution in [3.05, 3.63) is 56.7 Å². The van der Waals surface area contributed by atoms with Crippen molar-refractivity contribution in [2.75, 3.05) is 11.1 Å². The summed E-state index contributed by atoms with van der Waals surface area (Å²) in [5.41, 5.74) is 8.74. The molecule has 1 aromatic carbocycles. The monoisotopic (exact) mass is 318 g/mol. The fourth-order valence-corrected chi connectivity index (χ4v) is 2.98. The number of fused-ring (bicyclic) bond motifs is 1. The Bertz CT molecular complexity index is 735. The van der Waals surface area contributed by atoms with Crippen LogP contribution in [-0.4, -0.2) is 9.91 Å². The molecule has 22 heavy (non-hydrogen) atoms. The van der Waals surface area contributed by atoms with E-state index in [-0.39, 0.29) is 22.6 Å². The standard InChI is InChI=1S/C15H15ClN4O2/c16-10-7-14(20(21)22)15(18-8-10)19-13-3-1-2-9-6-11(17)4-5-12(9)13/h4-8,13H,1-3,17H2,(H,18,19). The molecule has 0 bridgehead atoms. The molecule has 7 heteroatoms. The second-order valence-corrected chi connectivity index (χ2v) is 5.76. The average Bonchev–Trinajstić information content (AvgIpc) is 2.48. The van der Waals surface area contributed by atoms with E-state index in [0.29, 0.717) is 0 Å². The van der Waals surface area contributed by atoms with Gasteiger partial charge in [0.05, 0.1) is 16.0 Å². The van der Waals surface area contributed by atoms with E-state index >= 15 is 0 Å². The van der Waals surface area contributed by atoms with Crippen molar-refractivity contribution in [3.63, 3.8) is 0 Å². The molecule has 0 radical (unpaired) electrons. The lowest BCUT2D eigenvalue weighted by Gasteiger charge is -2.27. The molecule has 6 nitrogen and oxygen atoms in total. The number of hydrogen-bond donors (Lipinski definition) is 2. The summed E-state index contributed by atoms with van der Waals surface area (Å²) in [4.78, 5) is 14.8. The number of anilines is 2. The number of nitrogen functional groups attached to an aromatic ring is 1. The quantitative estimate of drug-likeness (QED) is 0.511. The minimum absolute atomic E-state index is 0.0169. The summed E-state index contributed by atoms with van der Waals surface area (Å²) in [7, 11) is 0. The topological polar surface area (TPSA) is 94.1 Å². The van der Waals surface area contributed by atoms with Crippen LogP contribution in [-0.2, 0) is 6.42 Å². The Morgan fingerprint density at radius 3 is 3.00 bits per heavy atom. The number of nitrogens with one attached hydrogen (secondary N) is 1. The van der Waals surface area contributed by atoms with E-state index < -0.39 is 4.92 Å². The van der Waals surface area contributed by atoms with Crippen LogP contribution in [0, 0.1) is 10.1 Å². The molecule has 0 saturated carbocycles. The Hall–Kier alpha value is -2.34. The molecule has 3 N–H and O–H groups in total. The number of hydrogen-bond acceptors (Lipinski definition) is 5. The summed E-state index contributed by atoms with van der Waals surface area (Å²) in [6, 6.07) is 7.08. The Morgan fingerprint density at radius 1 is 1.41 bits per heavy atom. The van der Waals surface area contributed by atoms with Gasteiger partial charge in [0, 0.05) is 18.0 Å². The molecule has 1 unspecified atom stereocenters. The van der Waals surface area contributed by atoms with Gasteiger partial charge in [-0.3, -0.25) is 10.1 Å².